The first-order valence-corrected chi connectivity index (χ1v) is 7.74. The lowest BCUT2D eigenvalue weighted by molar-refractivity contribution is -0.0252. The average molecular weight is 245 g/mol. The first-order valence-electron chi connectivity index (χ1n) is 6.58. The smallest absolute Gasteiger partial charge is 0.0612 e. The van der Waals surface area contributed by atoms with Gasteiger partial charge in [0.25, 0.3) is 0 Å². The number of nitrogens with one attached hydrogen (secondary N) is 1. The highest BCUT2D eigenvalue weighted by molar-refractivity contribution is 7.99. The predicted octanol–water partition coefficient (Wildman–Crippen LogP) is 2.92. The fraction of sp³-hybridized carbons (Fsp3) is 1.00. The van der Waals surface area contributed by atoms with Gasteiger partial charge in [0.05, 0.1) is 6.10 Å². The van der Waals surface area contributed by atoms with Crippen molar-refractivity contribution >= 4 is 11.8 Å². The summed E-state index contributed by atoms with van der Waals surface area (Å²) in [6.07, 6.45) is 2.81. The van der Waals surface area contributed by atoms with Crippen LogP contribution in [0.1, 0.15) is 40.5 Å². The van der Waals surface area contributed by atoms with Crippen LogP contribution in [0.2, 0.25) is 0 Å². The topological polar surface area (TPSA) is 21.3 Å². The SMILES string of the molecule is CCSCC(C)NC1CCOC(C(C)C)C1. The lowest BCUT2D eigenvalue weighted by Crippen LogP contribution is -2.45. The molecule has 0 bridgehead atoms. The normalized spacial score (nSPS) is 28.3. The van der Waals surface area contributed by atoms with Crippen molar-refractivity contribution in [3.05, 3.63) is 0 Å². The standard InChI is InChI=1S/C13H27NOS/c1-5-16-9-11(4)14-12-6-7-15-13(8-12)10(2)3/h10-14H,5-9H2,1-4H3. The van der Waals surface area contributed by atoms with E-state index < -0.39 is 0 Å². The van der Waals surface area contributed by atoms with E-state index in [4.69, 9.17) is 4.74 Å². The lowest BCUT2D eigenvalue weighted by atomic mass is 9.95. The molecule has 0 saturated carbocycles. The van der Waals surface area contributed by atoms with Crippen molar-refractivity contribution in [2.45, 2.75) is 58.7 Å². The molecule has 1 aliphatic rings. The highest BCUT2D eigenvalue weighted by Gasteiger charge is 2.25. The minimum atomic E-state index is 0.456. The van der Waals surface area contributed by atoms with Gasteiger partial charge in [-0.1, -0.05) is 20.8 Å². The average Bonchev–Trinajstić information content (AvgIpc) is 2.26. The molecule has 0 aliphatic carbocycles. The molecular formula is C13H27NOS. The molecule has 0 aromatic carbocycles. The summed E-state index contributed by atoms with van der Waals surface area (Å²) in [4.78, 5) is 0. The highest BCUT2D eigenvalue weighted by Crippen LogP contribution is 2.20. The molecule has 0 aromatic rings. The van der Waals surface area contributed by atoms with Crippen LogP contribution in [0, 0.1) is 5.92 Å². The Morgan fingerprint density at radius 2 is 2.12 bits per heavy atom. The van der Waals surface area contributed by atoms with E-state index in [0.29, 0.717) is 24.1 Å². The number of thioether (sulfide) groups is 1. The summed E-state index contributed by atoms with van der Waals surface area (Å²) in [5, 5.41) is 3.74. The van der Waals surface area contributed by atoms with E-state index in [-0.39, 0.29) is 0 Å². The van der Waals surface area contributed by atoms with E-state index >= 15 is 0 Å². The first-order chi connectivity index (χ1) is 7.63. The van der Waals surface area contributed by atoms with E-state index in [1.807, 2.05) is 11.8 Å². The monoisotopic (exact) mass is 245 g/mol. The summed E-state index contributed by atoms with van der Waals surface area (Å²) in [6.45, 7) is 9.95. The Morgan fingerprint density at radius 3 is 2.75 bits per heavy atom. The van der Waals surface area contributed by atoms with Gasteiger partial charge in [-0.2, -0.15) is 11.8 Å². The maximum Gasteiger partial charge on any atom is 0.0612 e. The molecular weight excluding hydrogens is 218 g/mol. The van der Waals surface area contributed by atoms with E-state index in [0.717, 1.165) is 6.61 Å². The van der Waals surface area contributed by atoms with E-state index in [1.54, 1.807) is 0 Å². The van der Waals surface area contributed by atoms with Crippen LogP contribution in [0.3, 0.4) is 0 Å². The summed E-state index contributed by atoms with van der Waals surface area (Å²) >= 11 is 2.02. The molecule has 3 atom stereocenters. The van der Waals surface area contributed by atoms with Gasteiger partial charge in [-0.3, -0.25) is 0 Å². The zero-order valence-electron chi connectivity index (χ0n) is 11.2. The summed E-state index contributed by atoms with van der Waals surface area (Å²) in [5.41, 5.74) is 0. The van der Waals surface area contributed by atoms with Crippen LogP contribution in [0.5, 0.6) is 0 Å². The fourth-order valence-corrected chi connectivity index (χ4v) is 2.87. The Balaban J connectivity index is 2.25. The van der Waals surface area contributed by atoms with Crippen molar-refractivity contribution in [2.24, 2.45) is 5.92 Å². The van der Waals surface area contributed by atoms with Crippen molar-refractivity contribution < 1.29 is 4.74 Å². The van der Waals surface area contributed by atoms with Gasteiger partial charge in [0.2, 0.25) is 0 Å². The first kappa shape index (κ1) is 14.3. The molecule has 1 heterocycles. The molecule has 0 radical (unpaired) electrons. The van der Waals surface area contributed by atoms with Gasteiger partial charge in [-0.15, -0.1) is 0 Å². The Morgan fingerprint density at radius 1 is 1.38 bits per heavy atom. The van der Waals surface area contributed by atoms with Crippen molar-refractivity contribution in [1.82, 2.24) is 5.32 Å². The third kappa shape index (κ3) is 5.07. The van der Waals surface area contributed by atoms with E-state index in [2.05, 4.69) is 33.0 Å². The maximum atomic E-state index is 5.79. The van der Waals surface area contributed by atoms with Gasteiger partial charge in [0.1, 0.15) is 0 Å². The summed E-state index contributed by atoms with van der Waals surface area (Å²) in [5.74, 6) is 3.08. The van der Waals surface area contributed by atoms with Gasteiger partial charge in [0, 0.05) is 24.4 Å². The maximum absolute atomic E-state index is 5.79. The van der Waals surface area contributed by atoms with Crippen LogP contribution in [-0.4, -0.2) is 36.3 Å². The van der Waals surface area contributed by atoms with Gasteiger partial charge in [-0.05, 0) is 31.4 Å². The third-order valence-corrected chi connectivity index (χ3v) is 4.29. The number of ether oxygens (including phenoxy) is 1. The Hall–Kier alpha value is 0.270. The van der Waals surface area contributed by atoms with Gasteiger partial charge in [-0.25, -0.2) is 0 Å². The Kier molecular flexibility index (Phi) is 6.78. The van der Waals surface area contributed by atoms with Gasteiger partial charge >= 0.3 is 0 Å². The van der Waals surface area contributed by atoms with Crippen molar-refractivity contribution in [2.75, 3.05) is 18.1 Å². The number of hydrogen-bond donors (Lipinski definition) is 1. The quantitative estimate of drug-likeness (QED) is 0.777. The largest absolute Gasteiger partial charge is 0.378 e. The molecule has 0 amide bonds. The Labute approximate surface area is 105 Å². The second kappa shape index (κ2) is 7.57. The minimum Gasteiger partial charge on any atom is -0.378 e. The molecule has 1 saturated heterocycles. The molecule has 3 heteroatoms. The molecule has 1 aliphatic heterocycles. The molecule has 1 N–H and O–H groups in total. The molecule has 16 heavy (non-hydrogen) atoms. The van der Waals surface area contributed by atoms with Crippen molar-refractivity contribution in [3.63, 3.8) is 0 Å². The molecule has 2 nitrogen and oxygen atoms in total. The summed E-state index contributed by atoms with van der Waals surface area (Å²) in [7, 11) is 0. The van der Waals surface area contributed by atoms with Crippen LogP contribution < -0.4 is 5.32 Å². The van der Waals surface area contributed by atoms with Crippen LogP contribution >= 0.6 is 11.8 Å². The molecule has 3 unspecified atom stereocenters. The zero-order chi connectivity index (χ0) is 12.0. The highest BCUT2D eigenvalue weighted by atomic mass is 32.2. The van der Waals surface area contributed by atoms with Crippen LogP contribution in [0.25, 0.3) is 0 Å². The van der Waals surface area contributed by atoms with E-state index in [1.165, 1.54) is 24.3 Å². The van der Waals surface area contributed by atoms with Crippen molar-refractivity contribution in [3.8, 4) is 0 Å². The number of hydrogen-bond acceptors (Lipinski definition) is 3. The number of rotatable bonds is 6. The second-order valence-electron chi connectivity index (χ2n) is 5.10. The fourth-order valence-electron chi connectivity index (χ4n) is 2.19. The molecule has 1 fully saturated rings. The van der Waals surface area contributed by atoms with Gasteiger partial charge < -0.3 is 10.1 Å². The Bertz CT molecular complexity index is 187. The molecule has 0 spiro atoms. The minimum absolute atomic E-state index is 0.456. The summed E-state index contributed by atoms with van der Waals surface area (Å²) < 4.78 is 5.79. The molecule has 0 aromatic heterocycles. The summed E-state index contributed by atoms with van der Waals surface area (Å²) in [6, 6.07) is 1.29. The third-order valence-electron chi connectivity index (χ3n) is 3.15. The van der Waals surface area contributed by atoms with E-state index in [9.17, 15) is 0 Å². The lowest BCUT2D eigenvalue weighted by Gasteiger charge is -2.34. The van der Waals surface area contributed by atoms with Crippen molar-refractivity contribution in [1.29, 1.82) is 0 Å². The van der Waals surface area contributed by atoms with Crippen LogP contribution in [-0.2, 0) is 4.74 Å². The molecule has 96 valence electrons. The van der Waals surface area contributed by atoms with Crippen LogP contribution in [0.15, 0.2) is 0 Å². The molecule has 1 rings (SSSR count). The van der Waals surface area contributed by atoms with Gasteiger partial charge in [0.15, 0.2) is 0 Å². The zero-order valence-corrected chi connectivity index (χ0v) is 12.0. The second-order valence-corrected chi connectivity index (χ2v) is 6.42. The van der Waals surface area contributed by atoms with Crippen LogP contribution in [0.4, 0.5) is 0 Å². The predicted molar refractivity (Wildman–Crippen MR) is 73.2 cm³/mol.